The highest BCUT2D eigenvalue weighted by molar-refractivity contribution is 5.67. The van der Waals surface area contributed by atoms with Crippen molar-refractivity contribution in [2.45, 2.75) is 20.0 Å². The van der Waals surface area contributed by atoms with Gasteiger partial charge < -0.3 is 9.64 Å². The third-order valence-corrected chi connectivity index (χ3v) is 3.63. The van der Waals surface area contributed by atoms with E-state index in [4.69, 9.17) is 4.74 Å². The second-order valence-corrected chi connectivity index (χ2v) is 5.56. The van der Waals surface area contributed by atoms with Crippen molar-refractivity contribution in [3.05, 3.63) is 59.7 Å². The molecule has 0 aromatic heterocycles. The molecule has 2 aromatic carbocycles. The van der Waals surface area contributed by atoms with E-state index < -0.39 is 0 Å². The standard InChI is InChI=1S/C19H25NO/c1-4-16-9-11-17(12-10-16)19-8-6-5-7-18(19)15-21-14-13-20(2)3/h5-12H,4,13-15H2,1-3H3. The molecule has 0 aliphatic rings. The SMILES string of the molecule is CCc1ccc(-c2ccccc2COCCN(C)C)cc1. The van der Waals surface area contributed by atoms with Crippen LogP contribution in [0.2, 0.25) is 0 Å². The molecular weight excluding hydrogens is 258 g/mol. The zero-order valence-corrected chi connectivity index (χ0v) is 13.3. The minimum Gasteiger partial charge on any atom is -0.375 e. The van der Waals surface area contributed by atoms with Gasteiger partial charge in [-0.2, -0.15) is 0 Å². The zero-order chi connectivity index (χ0) is 15.1. The van der Waals surface area contributed by atoms with Crippen molar-refractivity contribution in [2.75, 3.05) is 27.2 Å². The fourth-order valence-electron chi connectivity index (χ4n) is 2.28. The molecule has 2 aromatic rings. The van der Waals surface area contributed by atoms with Gasteiger partial charge in [0.2, 0.25) is 0 Å². The highest BCUT2D eigenvalue weighted by Crippen LogP contribution is 2.24. The molecule has 21 heavy (non-hydrogen) atoms. The molecule has 0 heterocycles. The van der Waals surface area contributed by atoms with Crippen LogP contribution in [0.4, 0.5) is 0 Å². The van der Waals surface area contributed by atoms with Crippen molar-refractivity contribution >= 4 is 0 Å². The summed E-state index contributed by atoms with van der Waals surface area (Å²) in [4.78, 5) is 2.13. The van der Waals surface area contributed by atoms with Gasteiger partial charge in [0.25, 0.3) is 0 Å². The Morgan fingerprint density at radius 3 is 2.33 bits per heavy atom. The Hall–Kier alpha value is -1.64. The molecule has 0 atom stereocenters. The average Bonchev–Trinajstić information content (AvgIpc) is 2.52. The van der Waals surface area contributed by atoms with Crippen molar-refractivity contribution in [1.82, 2.24) is 4.90 Å². The first-order valence-corrected chi connectivity index (χ1v) is 7.60. The van der Waals surface area contributed by atoms with Gasteiger partial charge in [0.15, 0.2) is 0 Å². The summed E-state index contributed by atoms with van der Waals surface area (Å²) in [5, 5.41) is 0. The van der Waals surface area contributed by atoms with E-state index in [9.17, 15) is 0 Å². The molecule has 112 valence electrons. The number of benzene rings is 2. The summed E-state index contributed by atoms with van der Waals surface area (Å²) < 4.78 is 5.80. The van der Waals surface area contributed by atoms with E-state index in [-0.39, 0.29) is 0 Å². The van der Waals surface area contributed by atoms with Crippen LogP contribution >= 0.6 is 0 Å². The number of hydrogen-bond acceptors (Lipinski definition) is 2. The lowest BCUT2D eigenvalue weighted by Gasteiger charge is -2.13. The fraction of sp³-hybridized carbons (Fsp3) is 0.368. The average molecular weight is 283 g/mol. The summed E-state index contributed by atoms with van der Waals surface area (Å²) in [6.07, 6.45) is 1.08. The summed E-state index contributed by atoms with van der Waals surface area (Å²) in [6, 6.07) is 17.3. The normalized spacial score (nSPS) is 11.0. The summed E-state index contributed by atoms with van der Waals surface area (Å²) in [6.45, 7) is 4.56. The molecule has 0 N–H and O–H groups in total. The first-order chi connectivity index (χ1) is 10.2. The maximum absolute atomic E-state index is 5.80. The van der Waals surface area contributed by atoms with Crippen molar-refractivity contribution in [2.24, 2.45) is 0 Å². The third kappa shape index (κ3) is 4.69. The Kier molecular flexibility index (Phi) is 5.97. The first-order valence-electron chi connectivity index (χ1n) is 7.60. The third-order valence-electron chi connectivity index (χ3n) is 3.63. The van der Waals surface area contributed by atoms with Gasteiger partial charge in [-0.05, 0) is 42.8 Å². The Bertz CT molecular complexity index is 546. The molecule has 0 fully saturated rings. The molecule has 0 aliphatic heterocycles. The minimum atomic E-state index is 0.666. The van der Waals surface area contributed by atoms with Crippen LogP contribution in [-0.4, -0.2) is 32.1 Å². The lowest BCUT2D eigenvalue weighted by molar-refractivity contribution is 0.105. The number of ether oxygens (including phenoxy) is 1. The molecule has 0 radical (unpaired) electrons. The second kappa shape index (κ2) is 7.96. The van der Waals surface area contributed by atoms with E-state index >= 15 is 0 Å². The molecule has 0 unspecified atom stereocenters. The van der Waals surface area contributed by atoms with Gasteiger partial charge in [0, 0.05) is 6.54 Å². The lowest BCUT2D eigenvalue weighted by atomic mass is 9.98. The van der Waals surface area contributed by atoms with Crippen LogP contribution in [0.15, 0.2) is 48.5 Å². The molecule has 2 rings (SSSR count). The van der Waals surface area contributed by atoms with Gasteiger partial charge in [-0.15, -0.1) is 0 Å². The van der Waals surface area contributed by atoms with Crippen LogP contribution in [0.3, 0.4) is 0 Å². The van der Waals surface area contributed by atoms with Gasteiger partial charge in [-0.1, -0.05) is 55.5 Å². The van der Waals surface area contributed by atoms with Gasteiger partial charge in [-0.25, -0.2) is 0 Å². The van der Waals surface area contributed by atoms with E-state index in [1.54, 1.807) is 0 Å². The van der Waals surface area contributed by atoms with Crippen LogP contribution < -0.4 is 0 Å². The fourth-order valence-corrected chi connectivity index (χ4v) is 2.28. The van der Waals surface area contributed by atoms with Gasteiger partial charge in [0.1, 0.15) is 0 Å². The largest absolute Gasteiger partial charge is 0.375 e. The second-order valence-electron chi connectivity index (χ2n) is 5.56. The predicted octanol–water partition coefficient (Wildman–Crippen LogP) is 3.99. The molecule has 2 nitrogen and oxygen atoms in total. The predicted molar refractivity (Wildman–Crippen MR) is 89.5 cm³/mol. The van der Waals surface area contributed by atoms with Crippen molar-refractivity contribution in [3.63, 3.8) is 0 Å². The Balaban J connectivity index is 2.08. The van der Waals surface area contributed by atoms with Crippen LogP contribution in [0.25, 0.3) is 11.1 Å². The van der Waals surface area contributed by atoms with E-state index in [1.807, 2.05) is 0 Å². The minimum absolute atomic E-state index is 0.666. The van der Waals surface area contributed by atoms with Gasteiger partial charge in [0.05, 0.1) is 13.2 Å². The maximum atomic E-state index is 5.80. The van der Waals surface area contributed by atoms with Crippen molar-refractivity contribution in [3.8, 4) is 11.1 Å². The van der Waals surface area contributed by atoms with Gasteiger partial charge >= 0.3 is 0 Å². The number of nitrogens with zero attached hydrogens (tertiary/aromatic N) is 1. The molecule has 0 saturated heterocycles. The Morgan fingerprint density at radius 2 is 1.67 bits per heavy atom. The number of rotatable bonds is 7. The van der Waals surface area contributed by atoms with Crippen LogP contribution in [0, 0.1) is 0 Å². The quantitative estimate of drug-likeness (QED) is 0.712. The van der Waals surface area contributed by atoms with E-state index in [1.165, 1.54) is 22.3 Å². The maximum Gasteiger partial charge on any atom is 0.0723 e. The smallest absolute Gasteiger partial charge is 0.0723 e. The van der Waals surface area contributed by atoms with E-state index in [0.717, 1.165) is 19.6 Å². The monoisotopic (exact) mass is 283 g/mol. The molecular formula is C19H25NO. The summed E-state index contributed by atoms with van der Waals surface area (Å²) in [5.41, 5.74) is 5.16. The number of hydrogen-bond donors (Lipinski definition) is 0. The molecule has 0 bridgehead atoms. The first kappa shape index (κ1) is 15.7. The summed E-state index contributed by atoms with van der Waals surface area (Å²) in [7, 11) is 4.12. The summed E-state index contributed by atoms with van der Waals surface area (Å²) >= 11 is 0. The highest BCUT2D eigenvalue weighted by Gasteiger charge is 2.05. The molecule has 0 amide bonds. The van der Waals surface area contributed by atoms with Crippen LogP contribution in [0.5, 0.6) is 0 Å². The lowest BCUT2D eigenvalue weighted by Crippen LogP contribution is -2.17. The molecule has 2 heteroatoms. The van der Waals surface area contributed by atoms with Crippen LogP contribution in [-0.2, 0) is 17.8 Å². The van der Waals surface area contributed by atoms with Gasteiger partial charge in [-0.3, -0.25) is 0 Å². The Labute approximate surface area is 128 Å². The number of likely N-dealkylation sites (N-methyl/N-ethyl adjacent to an activating group) is 1. The molecule has 0 saturated carbocycles. The number of aryl methyl sites for hydroxylation is 1. The van der Waals surface area contributed by atoms with Crippen molar-refractivity contribution in [1.29, 1.82) is 0 Å². The summed E-state index contributed by atoms with van der Waals surface area (Å²) in [5.74, 6) is 0. The van der Waals surface area contributed by atoms with Crippen LogP contribution in [0.1, 0.15) is 18.1 Å². The molecule has 0 aliphatic carbocycles. The topological polar surface area (TPSA) is 12.5 Å². The Morgan fingerprint density at radius 1 is 0.952 bits per heavy atom. The molecule has 0 spiro atoms. The zero-order valence-electron chi connectivity index (χ0n) is 13.3. The highest BCUT2D eigenvalue weighted by atomic mass is 16.5. The van der Waals surface area contributed by atoms with E-state index in [2.05, 4.69) is 74.4 Å². The van der Waals surface area contributed by atoms with Crippen molar-refractivity contribution < 1.29 is 4.74 Å². The van der Waals surface area contributed by atoms with E-state index in [0.29, 0.717) is 6.61 Å².